The minimum absolute atomic E-state index is 0.119. The molecule has 2 aliphatic carbocycles. The standard InChI is InChI=1S/C13H25NO/c1-12(2)11(13(12,3)4)14-9-7-5-6-8-10(9)15/h9-11,14-15H,5-8H2,1-4H3/t9-,10-/m1/s1. The van der Waals surface area contributed by atoms with Crippen LogP contribution in [0, 0.1) is 10.8 Å². The number of hydrogen-bond acceptors (Lipinski definition) is 2. The molecule has 0 unspecified atom stereocenters. The second kappa shape index (κ2) is 3.46. The molecule has 15 heavy (non-hydrogen) atoms. The Kier molecular flexibility index (Phi) is 2.63. The smallest absolute Gasteiger partial charge is 0.0693 e. The topological polar surface area (TPSA) is 32.3 Å². The molecule has 0 radical (unpaired) electrons. The molecule has 2 fully saturated rings. The maximum Gasteiger partial charge on any atom is 0.0693 e. The number of aliphatic hydroxyl groups is 1. The van der Waals surface area contributed by atoms with Crippen LogP contribution in [0.2, 0.25) is 0 Å². The predicted octanol–water partition coefficient (Wildman–Crippen LogP) is 2.31. The minimum atomic E-state index is -0.119. The lowest BCUT2D eigenvalue weighted by atomic mass is 9.92. The van der Waals surface area contributed by atoms with Crippen LogP contribution in [0.3, 0.4) is 0 Å². The van der Waals surface area contributed by atoms with Gasteiger partial charge in [0, 0.05) is 12.1 Å². The first-order valence-corrected chi connectivity index (χ1v) is 6.31. The molecule has 2 saturated carbocycles. The summed E-state index contributed by atoms with van der Waals surface area (Å²) in [6.07, 6.45) is 4.46. The Morgan fingerprint density at radius 3 is 2.00 bits per heavy atom. The minimum Gasteiger partial charge on any atom is -0.392 e. The first kappa shape index (κ1) is 11.4. The molecule has 2 N–H and O–H groups in total. The van der Waals surface area contributed by atoms with E-state index in [1.165, 1.54) is 12.8 Å². The average Bonchev–Trinajstić information content (AvgIpc) is 2.51. The number of aliphatic hydroxyl groups excluding tert-OH is 1. The van der Waals surface area contributed by atoms with Crippen molar-refractivity contribution in [3.05, 3.63) is 0 Å². The van der Waals surface area contributed by atoms with Crippen LogP contribution in [-0.4, -0.2) is 23.3 Å². The third-order valence-corrected chi connectivity index (χ3v) is 5.13. The summed E-state index contributed by atoms with van der Waals surface area (Å²) < 4.78 is 0. The van der Waals surface area contributed by atoms with E-state index in [4.69, 9.17) is 0 Å². The molecule has 2 atom stereocenters. The third-order valence-electron chi connectivity index (χ3n) is 5.13. The van der Waals surface area contributed by atoms with Crippen molar-refractivity contribution in [2.45, 2.75) is 71.6 Å². The van der Waals surface area contributed by atoms with E-state index >= 15 is 0 Å². The van der Waals surface area contributed by atoms with E-state index < -0.39 is 0 Å². The van der Waals surface area contributed by atoms with E-state index in [1.54, 1.807) is 0 Å². The van der Waals surface area contributed by atoms with Gasteiger partial charge in [0.2, 0.25) is 0 Å². The fourth-order valence-electron chi connectivity index (χ4n) is 3.13. The van der Waals surface area contributed by atoms with E-state index in [0.29, 0.717) is 22.9 Å². The Labute approximate surface area is 93.5 Å². The molecule has 2 aliphatic rings. The van der Waals surface area contributed by atoms with Gasteiger partial charge >= 0.3 is 0 Å². The van der Waals surface area contributed by atoms with Gasteiger partial charge in [-0.05, 0) is 23.7 Å². The number of nitrogens with one attached hydrogen (secondary N) is 1. The maximum atomic E-state index is 9.92. The zero-order chi connectivity index (χ0) is 11.3. The molecule has 0 saturated heterocycles. The van der Waals surface area contributed by atoms with Gasteiger partial charge in [0.15, 0.2) is 0 Å². The molecule has 0 heterocycles. The van der Waals surface area contributed by atoms with E-state index in [0.717, 1.165) is 12.8 Å². The van der Waals surface area contributed by atoms with Gasteiger partial charge in [0.25, 0.3) is 0 Å². The zero-order valence-electron chi connectivity index (χ0n) is 10.5. The van der Waals surface area contributed by atoms with Gasteiger partial charge in [-0.2, -0.15) is 0 Å². The highest BCUT2D eigenvalue weighted by atomic mass is 16.3. The van der Waals surface area contributed by atoms with Crippen molar-refractivity contribution in [3.63, 3.8) is 0 Å². The molecule has 0 aliphatic heterocycles. The second-order valence-corrected chi connectivity index (χ2v) is 6.50. The van der Waals surface area contributed by atoms with Crippen LogP contribution in [0.1, 0.15) is 53.4 Å². The lowest BCUT2D eigenvalue weighted by molar-refractivity contribution is 0.0876. The first-order chi connectivity index (χ1) is 6.87. The molecule has 2 rings (SSSR count). The monoisotopic (exact) mass is 211 g/mol. The summed E-state index contributed by atoms with van der Waals surface area (Å²) in [7, 11) is 0. The van der Waals surface area contributed by atoms with Gasteiger partial charge in [0.05, 0.1) is 6.10 Å². The van der Waals surface area contributed by atoms with Crippen LogP contribution in [0.5, 0.6) is 0 Å². The van der Waals surface area contributed by atoms with Crippen molar-refractivity contribution < 1.29 is 5.11 Å². The molecule has 0 aromatic carbocycles. The molecular formula is C13H25NO. The van der Waals surface area contributed by atoms with E-state index in [9.17, 15) is 5.11 Å². The fourth-order valence-corrected chi connectivity index (χ4v) is 3.13. The summed E-state index contributed by atoms with van der Waals surface area (Å²) in [5.74, 6) is 0. The summed E-state index contributed by atoms with van der Waals surface area (Å²) in [6, 6.07) is 0.910. The second-order valence-electron chi connectivity index (χ2n) is 6.50. The van der Waals surface area contributed by atoms with Crippen LogP contribution in [0.25, 0.3) is 0 Å². The Bertz CT molecular complexity index is 233. The first-order valence-electron chi connectivity index (χ1n) is 6.31. The summed E-state index contributed by atoms with van der Waals surface area (Å²) in [5.41, 5.74) is 0.758. The normalized spacial score (nSPS) is 39.0. The van der Waals surface area contributed by atoms with E-state index in [-0.39, 0.29) is 6.10 Å². The van der Waals surface area contributed by atoms with Crippen LogP contribution < -0.4 is 5.32 Å². The van der Waals surface area contributed by atoms with Crippen molar-refractivity contribution in [2.75, 3.05) is 0 Å². The maximum absolute atomic E-state index is 9.92. The largest absolute Gasteiger partial charge is 0.392 e. The van der Waals surface area contributed by atoms with E-state index in [1.807, 2.05) is 0 Å². The summed E-state index contributed by atoms with van der Waals surface area (Å²) in [4.78, 5) is 0. The SMILES string of the molecule is CC1(C)C(N[C@@H]2CCCC[C@H]2O)C1(C)C. The van der Waals surface area contributed by atoms with E-state index in [2.05, 4.69) is 33.0 Å². The number of rotatable bonds is 2. The molecule has 0 spiro atoms. The van der Waals surface area contributed by atoms with Gasteiger partial charge in [-0.15, -0.1) is 0 Å². The lowest BCUT2D eigenvalue weighted by Crippen LogP contribution is -2.44. The van der Waals surface area contributed by atoms with Gasteiger partial charge < -0.3 is 10.4 Å². The summed E-state index contributed by atoms with van der Waals surface area (Å²) in [5, 5.41) is 13.6. The van der Waals surface area contributed by atoms with Gasteiger partial charge in [-0.25, -0.2) is 0 Å². The van der Waals surface area contributed by atoms with Crippen molar-refractivity contribution in [1.82, 2.24) is 5.32 Å². The van der Waals surface area contributed by atoms with Crippen molar-refractivity contribution >= 4 is 0 Å². The highest BCUT2D eigenvalue weighted by Crippen LogP contribution is 2.62. The Balaban J connectivity index is 1.93. The van der Waals surface area contributed by atoms with Gasteiger partial charge in [-0.1, -0.05) is 40.5 Å². The van der Waals surface area contributed by atoms with Crippen LogP contribution in [0.15, 0.2) is 0 Å². The van der Waals surface area contributed by atoms with Crippen molar-refractivity contribution in [1.29, 1.82) is 0 Å². The zero-order valence-corrected chi connectivity index (χ0v) is 10.5. The quantitative estimate of drug-likeness (QED) is 0.734. The molecule has 2 nitrogen and oxygen atoms in total. The molecule has 2 heteroatoms. The molecular weight excluding hydrogens is 186 g/mol. The molecule has 0 bridgehead atoms. The van der Waals surface area contributed by atoms with Crippen LogP contribution >= 0.6 is 0 Å². The molecule has 0 amide bonds. The molecule has 0 aromatic rings. The lowest BCUT2D eigenvalue weighted by Gasteiger charge is -2.29. The number of hydrogen-bond donors (Lipinski definition) is 2. The Hall–Kier alpha value is -0.0800. The summed E-state index contributed by atoms with van der Waals surface area (Å²) in [6.45, 7) is 9.28. The Morgan fingerprint density at radius 1 is 1.00 bits per heavy atom. The van der Waals surface area contributed by atoms with Gasteiger partial charge in [0.1, 0.15) is 0 Å². The predicted molar refractivity (Wildman–Crippen MR) is 62.7 cm³/mol. The van der Waals surface area contributed by atoms with Crippen LogP contribution in [-0.2, 0) is 0 Å². The highest BCUT2D eigenvalue weighted by Gasteiger charge is 2.65. The molecule has 88 valence electrons. The van der Waals surface area contributed by atoms with Crippen molar-refractivity contribution in [2.24, 2.45) is 10.8 Å². The summed E-state index contributed by atoms with van der Waals surface area (Å²) >= 11 is 0. The molecule has 0 aromatic heterocycles. The van der Waals surface area contributed by atoms with Gasteiger partial charge in [-0.3, -0.25) is 0 Å². The highest BCUT2D eigenvalue weighted by molar-refractivity contribution is 5.18. The van der Waals surface area contributed by atoms with Crippen molar-refractivity contribution in [3.8, 4) is 0 Å². The van der Waals surface area contributed by atoms with Crippen LogP contribution in [0.4, 0.5) is 0 Å². The Morgan fingerprint density at radius 2 is 1.53 bits per heavy atom. The average molecular weight is 211 g/mol. The third kappa shape index (κ3) is 1.72. The fraction of sp³-hybridized carbons (Fsp3) is 1.00.